The summed E-state index contributed by atoms with van der Waals surface area (Å²) in [4.78, 5) is 0.836. The Morgan fingerprint density at radius 1 is 1.50 bits per heavy atom. The predicted molar refractivity (Wildman–Crippen MR) is 75.1 cm³/mol. The second-order valence-corrected chi connectivity index (χ2v) is 6.98. The molecular weight excluding hydrogens is 246 g/mol. The van der Waals surface area contributed by atoms with Gasteiger partial charge in [-0.2, -0.15) is 0 Å². The fraction of sp³-hybridized carbons (Fsp3) is 0.571. The number of hydrogen-bond donors (Lipinski definition) is 1. The third-order valence-corrected chi connectivity index (χ3v) is 5.07. The number of nitrogens with two attached hydrogens (primary N) is 1. The van der Waals surface area contributed by atoms with Gasteiger partial charge in [-0.1, -0.05) is 6.07 Å². The molecule has 0 radical (unpaired) electrons. The van der Waals surface area contributed by atoms with Crippen molar-refractivity contribution in [1.82, 2.24) is 0 Å². The van der Waals surface area contributed by atoms with Crippen molar-refractivity contribution < 1.29 is 8.95 Å². The van der Waals surface area contributed by atoms with Gasteiger partial charge in [-0.3, -0.25) is 4.21 Å². The van der Waals surface area contributed by atoms with Crippen molar-refractivity contribution in [3.63, 3.8) is 0 Å². The molecule has 0 aromatic heterocycles. The van der Waals surface area contributed by atoms with Crippen molar-refractivity contribution in [2.75, 3.05) is 11.5 Å². The van der Waals surface area contributed by atoms with Gasteiger partial charge in [-0.25, -0.2) is 0 Å². The van der Waals surface area contributed by atoms with Crippen molar-refractivity contribution >= 4 is 16.5 Å². The first-order valence-electron chi connectivity index (χ1n) is 6.30. The van der Waals surface area contributed by atoms with E-state index in [1.165, 1.54) is 0 Å². The van der Waals surface area contributed by atoms with Gasteiger partial charge < -0.3 is 10.5 Å². The molecule has 100 valence electrons. The largest absolute Gasteiger partial charge is 0.398 e. The van der Waals surface area contributed by atoms with Crippen molar-refractivity contribution in [3.05, 3.63) is 23.8 Å². The molecule has 1 aliphatic rings. The average molecular weight is 267 g/mol. The average Bonchev–Trinajstić information content (AvgIpc) is 2.62. The second kappa shape index (κ2) is 5.02. The van der Waals surface area contributed by atoms with E-state index in [1.54, 1.807) is 0 Å². The van der Waals surface area contributed by atoms with Crippen molar-refractivity contribution in [1.29, 1.82) is 0 Å². The highest BCUT2D eigenvalue weighted by Crippen LogP contribution is 2.31. The van der Waals surface area contributed by atoms with E-state index in [9.17, 15) is 4.21 Å². The zero-order valence-electron chi connectivity index (χ0n) is 11.2. The SMILES string of the molecule is Cc1c(N)cccc1S(=O)CC1CCC(C)(C)O1. The maximum atomic E-state index is 12.4. The smallest absolute Gasteiger partial charge is 0.0702 e. The molecule has 0 bridgehead atoms. The second-order valence-electron chi connectivity index (χ2n) is 5.52. The standard InChI is InChI=1S/C14H21NO2S/c1-10-12(15)5-4-6-13(10)18(16)9-11-7-8-14(2,3)17-11/h4-6,11H,7-9,15H2,1-3H3. The number of rotatable bonds is 3. The Morgan fingerprint density at radius 3 is 2.83 bits per heavy atom. The van der Waals surface area contributed by atoms with Crippen LogP contribution in [-0.2, 0) is 15.5 Å². The van der Waals surface area contributed by atoms with Crippen LogP contribution in [0.15, 0.2) is 23.1 Å². The Labute approximate surface area is 111 Å². The predicted octanol–water partition coefficient (Wildman–Crippen LogP) is 2.64. The van der Waals surface area contributed by atoms with Gasteiger partial charge in [0.1, 0.15) is 0 Å². The third kappa shape index (κ3) is 2.93. The van der Waals surface area contributed by atoms with E-state index in [-0.39, 0.29) is 11.7 Å². The lowest BCUT2D eigenvalue weighted by molar-refractivity contribution is -0.00498. The van der Waals surface area contributed by atoms with Crippen LogP contribution in [0.25, 0.3) is 0 Å². The topological polar surface area (TPSA) is 52.3 Å². The van der Waals surface area contributed by atoms with Gasteiger partial charge in [0.2, 0.25) is 0 Å². The van der Waals surface area contributed by atoms with Crippen LogP contribution in [0.1, 0.15) is 32.3 Å². The lowest BCUT2D eigenvalue weighted by Gasteiger charge is -2.19. The van der Waals surface area contributed by atoms with Crippen LogP contribution in [-0.4, -0.2) is 21.7 Å². The summed E-state index contributed by atoms with van der Waals surface area (Å²) in [6, 6.07) is 5.59. The number of anilines is 1. The van der Waals surface area contributed by atoms with Crippen LogP contribution >= 0.6 is 0 Å². The molecule has 0 amide bonds. The van der Waals surface area contributed by atoms with E-state index in [1.807, 2.05) is 25.1 Å². The highest BCUT2D eigenvalue weighted by molar-refractivity contribution is 7.85. The first kappa shape index (κ1) is 13.6. The van der Waals surface area contributed by atoms with Gasteiger partial charge in [0.15, 0.2) is 0 Å². The zero-order valence-corrected chi connectivity index (χ0v) is 12.0. The van der Waals surface area contributed by atoms with E-state index in [0.29, 0.717) is 11.4 Å². The molecule has 1 heterocycles. The maximum absolute atomic E-state index is 12.4. The fourth-order valence-electron chi connectivity index (χ4n) is 2.33. The Hall–Kier alpha value is -0.870. The Bertz CT molecular complexity index is 471. The minimum atomic E-state index is -1.03. The van der Waals surface area contributed by atoms with Gasteiger partial charge in [0.05, 0.1) is 28.3 Å². The summed E-state index contributed by atoms with van der Waals surface area (Å²) in [5.41, 5.74) is 7.40. The number of nitrogen functional groups attached to an aromatic ring is 1. The van der Waals surface area contributed by atoms with Crippen LogP contribution in [0.5, 0.6) is 0 Å². The van der Waals surface area contributed by atoms with Crippen molar-refractivity contribution in [2.45, 2.75) is 50.2 Å². The minimum Gasteiger partial charge on any atom is -0.398 e. The Kier molecular flexibility index (Phi) is 3.78. The number of ether oxygens (including phenoxy) is 1. The summed E-state index contributed by atoms with van der Waals surface area (Å²) >= 11 is 0. The third-order valence-electron chi connectivity index (χ3n) is 3.46. The highest BCUT2D eigenvalue weighted by atomic mass is 32.2. The molecule has 1 fully saturated rings. The molecule has 18 heavy (non-hydrogen) atoms. The summed E-state index contributed by atoms with van der Waals surface area (Å²) in [5, 5.41) is 0. The van der Waals surface area contributed by atoms with Crippen molar-refractivity contribution in [3.8, 4) is 0 Å². The first-order valence-corrected chi connectivity index (χ1v) is 7.62. The van der Waals surface area contributed by atoms with Crippen LogP contribution < -0.4 is 5.73 Å². The molecule has 1 aromatic rings. The van der Waals surface area contributed by atoms with Gasteiger partial charge in [-0.15, -0.1) is 0 Å². The molecule has 2 N–H and O–H groups in total. The quantitative estimate of drug-likeness (QED) is 0.857. The van der Waals surface area contributed by atoms with Crippen LogP contribution in [0.2, 0.25) is 0 Å². The molecule has 4 heteroatoms. The molecule has 1 saturated heterocycles. The number of benzene rings is 1. The lowest BCUT2D eigenvalue weighted by Crippen LogP contribution is -2.23. The van der Waals surface area contributed by atoms with Crippen LogP contribution in [0.4, 0.5) is 5.69 Å². The van der Waals surface area contributed by atoms with Gasteiger partial charge in [0, 0.05) is 10.6 Å². The monoisotopic (exact) mass is 267 g/mol. The normalized spacial score (nSPS) is 24.1. The van der Waals surface area contributed by atoms with E-state index in [4.69, 9.17) is 10.5 Å². The van der Waals surface area contributed by atoms with Crippen molar-refractivity contribution in [2.24, 2.45) is 0 Å². The summed E-state index contributed by atoms with van der Waals surface area (Å²) in [5.74, 6) is 0.563. The lowest BCUT2D eigenvalue weighted by atomic mass is 10.1. The van der Waals surface area contributed by atoms with Gasteiger partial charge >= 0.3 is 0 Å². The molecule has 0 spiro atoms. The molecule has 3 nitrogen and oxygen atoms in total. The molecule has 2 atom stereocenters. The minimum absolute atomic E-state index is 0.0698. The van der Waals surface area contributed by atoms with Gasteiger partial charge in [-0.05, 0) is 51.3 Å². The van der Waals surface area contributed by atoms with E-state index in [0.717, 1.165) is 23.3 Å². The summed E-state index contributed by atoms with van der Waals surface area (Å²) in [6.07, 6.45) is 2.12. The van der Waals surface area contributed by atoms with Crippen LogP contribution in [0, 0.1) is 6.92 Å². The van der Waals surface area contributed by atoms with E-state index >= 15 is 0 Å². The van der Waals surface area contributed by atoms with E-state index in [2.05, 4.69) is 13.8 Å². The fourth-order valence-corrected chi connectivity index (χ4v) is 3.77. The molecule has 0 aliphatic carbocycles. The molecule has 1 aliphatic heterocycles. The summed E-state index contributed by atoms with van der Waals surface area (Å²) in [6.45, 7) is 6.09. The highest BCUT2D eigenvalue weighted by Gasteiger charge is 2.32. The maximum Gasteiger partial charge on any atom is 0.0702 e. The summed E-state index contributed by atoms with van der Waals surface area (Å²) < 4.78 is 18.2. The Morgan fingerprint density at radius 2 is 2.22 bits per heavy atom. The Balaban J connectivity index is 2.07. The van der Waals surface area contributed by atoms with Gasteiger partial charge in [0.25, 0.3) is 0 Å². The molecule has 0 saturated carbocycles. The summed E-state index contributed by atoms with van der Waals surface area (Å²) in [7, 11) is -1.03. The first-order chi connectivity index (χ1) is 8.39. The van der Waals surface area contributed by atoms with E-state index < -0.39 is 10.8 Å². The molecule has 2 rings (SSSR count). The molecule has 1 aromatic carbocycles. The molecular formula is C14H21NO2S. The number of hydrogen-bond acceptors (Lipinski definition) is 3. The molecule has 2 unspecified atom stereocenters. The zero-order chi connectivity index (χ0) is 13.3. The van der Waals surface area contributed by atoms with Crippen LogP contribution in [0.3, 0.4) is 0 Å².